The Morgan fingerprint density at radius 3 is 2.07 bits per heavy atom. The zero-order valence-electron chi connectivity index (χ0n) is 9.21. The second-order valence-electron chi connectivity index (χ2n) is 3.34. The molecule has 0 bridgehead atoms. The van der Waals surface area contributed by atoms with E-state index in [1.807, 2.05) is 19.1 Å². The first kappa shape index (κ1) is 11.8. The summed E-state index contributed by atoms with van der Waals surface area (Å²) >= 11 is 0. The average Bonchev–Trinajstić information content (AvgIpc) is 2.26. The monoisotopic (exact) mass is 213 g/mol. The van der Waals surface area contributed by atoms with E-state index in [1.54, 1.807) is 0 Å². The molecule has 0 radical (unpaired) electrons. The van der Waals surface area contributed by atoms with Gasteiger partial charge in [-0.25, -0.2) is 4.39 Å². The van der Waals surface area contributed by atoms with Crippen molar-refractivity contribution < 1.29 is 13.9 Å². The highest BCUT2D eigenvalue weighted by Crippen LogP contribution is 2.34. The Labute approximate surface area is 89.0 Å². The van der Waals surface area contributed by atoms with Crippen LogP contribution in [0.15, 0.2) is 12.1 Å². The molecule has 0 saturated carbocycles. The van der Waals surface area contributed by atoms with E-state index in [0.29, 0.717) is 17.1 Å². The number of nitrogens with two attached hydrogens (primary N) is 1. The van der Waals surface area contributed by atoms with Gasteiger partial charge in [0.2, 0.25) is 0 Å². The van der Waals surface area contributed by atoms with Gasteiger partial charge in [-0.1, -0.05) is 0 Å². The van der Waals surface area contributed by atoms with Crippen LogP contribution in [0.4, 0.5) is 4.39 Å². The van der Waals surface area contributed by atoms with Gasteiger partial charge in [0.25, 0.3) is 0 Å². The molecular formula is C11H16FNO2. The number of hydrogen-bond acceptors (Lipinski definition) is 3. The Bertz CT molecular complexity index is 316. The molecule has 0 amide bonds. The van der Waals surface area contributed by atoms with Crippen molar-refractivity contribution in [3.63, 3.8) is 0 Å². The number of hydrogen-bond donors (Lipinski definition) is 1. The standard InChI is InChI=1S/C11H16FNO2/c1-7-4-9(14-2)11(8(13)6-12)10(5-7)15-3/h4-5,8H,6,13H2,1-3H3/t8-/m1/s1. The molecule has 15 heavy (non-hydrogen) atoms. The highest BCUT2D eigenvalue weighted by atomic mass is 19.1. The Hall–Kier alpha value is -1.29. The van der Waals surface area contributed by atoms with Crippen LogP contribution in [0.3, 0.4) is 0 Å². The van der Waals surface area contributed by atoms with Crippen LogP contribution in [0.25, 0.3) is 0 Å². The summed E-state index contributed by atoms with van der Waals surface area (Å²) in [4.78, 5) is 0. The van der Waals surface area contributed by atoms with Gasteiger partial charge in [0.15, 0.2) is 0 Å². The van der Waals surface area contributed by atoms with Crippen LogP contribution in [0.1, 0.15) is 17.2 Å². The summed E-state index contributed by atoms with van der Waals surface area (Å²) in [7, 11) is 3.06. The van der Waals surface area contributed by atoms with Gasteiger partial charge in [-0.05, 0) is 24.6 Å². The van der Waals surface area contributed by atoms with Crippen molar-refractivity contribution in [2.24, 2.45) is 5.73 Å². The maximum absolute atomic E-state index is 12.6. The van der Waals surface area contributed by atoms with E-state index in [2.05, 4.69) is 0 Å². The minimum atomic E-state index is -0.713. The van der Waals surface area contributed by atoms with Crippen LogP contribution in [0.5, 0.6) is 11.5 Å². The predicted octanol–water partition coefficient (Wildman–Crippen LogP) is 1.98. The summed E-state index contributed by atoms with van der Waals surface area (Å²) in [6.07, 6.45) is 0. The molecule has 84 valence electrons. The quantitative estimate of drug-likeness (QED) is 0.831. The zero-order valence-corrected chi connectivity index (χ0v) is 9.21. The van der Waals surface area contributed by atoms with Crippen LogP contribution in [-0.4, -0.2) is 20.9 Å². The van der Waals surface area contributed by atoms with E-state index in [0.717, 1.165) is 5.56 Å². The summed E-state index contributed by atoms with van der Waals surface area (Å²) in [5, 5.41) is 0. The highest BCUT2D eigenvalue weighted by Gasteiger charge is 2.18. The lowest BCUT2D eigenvalue weighted by Crippen LogP contribution is -2.15. The van der Waals surface area contributed by atoms with Crippen molar-refractivity contribution in [2.45, 2.75) is 13.0 Å². The van der Waals surface area contributed by atoms with Gasteiger partial charge in [0.1, 0.15) is 18.2 Å². The Morgan fingerprint density at radius 1 is 1.27 bits per heavy atom. The van der Waals surface area contributed by atoms with Crippen molar-refractivity contribution >= 4 is 0 Å². The van der Waals surface area contributed by atoms with Crippen LogP contribution in [0, 0.1) is 6.92 Å². The summed E-state index contributed by atoms with van der Waals surface area (Å²) in [5.74, 6) is 1.13. The molecule has 0 aliphatic rings. The van der Waals surface area contributed by atoms with Crippen molar-refractivity contribution in [3.8, 4) is 11.5 Å². The molecule has 0 saturated heterocycles. The van der Waals surface area contributed by atoms with E-state index in [4.69, 9.17) is 15.2 Å². The van der Waals surface area contributed by atoms with E-state index >= 15 is 0 Å². The fraction of sp³-hybridized carbons (Fsp3) is 0.455. The van der Waals surface area contributed by atoms with Gasteiger partial charge in [-0.2, -0.15) is 0 Å². The van der Waals surface area contributed by atoms with Gasteiger partial charge < -0.3 is 15.2 Å². The number of ether oxygens (including phenoxy) is 2. The predicted molar refractivity (Wildman–Crippen MR) is 57.2 cm³/mol. The van der Waals surface area contributed by atoms with Gasteiger partial charge in [-0.3, -0.25) is 0 Å². The Balaban J connectivity index is 3.30. The minimum absolute atomic E-state index is 0.567. The van der Waals surface area contributed by atoms with Gasteiger partial charge in [0.05, 0.1) is 25.8 Å². The molecule has 1 rings (SSSR count). The largest absolute Gasteiger partial charge is 0.496 e. The van der Waals surface area contributed by atoms with Crippen molar-refractivity contribution in [2.75, 3.05) is 20.9 Å². The van der Waals surface area contributed by atoms with Crippen LogP contribution >= 0.6 is 0 Å². The van der Waals surface area contributed by atoms with E-state index in [9.17, 15) is 4.39 Å². The third-order valence-electron chi connectivity index (χ3n) is 2.23. The molecule has 0 heterocycles. The maximum Gasteiger partial charge on any atom is 0.127 e. The lowest BCUT2D eigenvalue weighted by atomic mass is 10.0. The van der Waals surface area contributed by atoms with Crippen molar-refractivity contribution in [3.05, 3.63) is 23.3 Å². The van der Waals surface area contributed by atoms with E-state index < -0.39 is 12.7 Å². The topological polar surface area (TPSA) is 44.5 Å². The summed E-state index contributed by atoms with van der Waals surface area (Å²) in [6.45, 7) is 1.27. The fourth-order valence-corrected chi connectivity index (χ4v) is 1.51. The number of alkyl halides is 1. The van der Waals surface area contributed by atoms with Gasteiger partial charge >= 0.3 is 0 Å². The maximum atomic E-state index is 12.6. The molecule has 4 heteroatoms. The number of rotatable bonds is 4. The number of benzene rings is 1. The Morgan fingerprint density at radius 2 is 1.73 bits per heavy atom. The number of methoxy groups -OCH3 is 2. The molecule has 0 aromatic heterocycles. The molecule has 1 aromatic rings. The second-order valence-corrected chi connectivity index (χ2v) is 3.34. The van der Waals surface area contributed by atoms with Gasteiger partial charge in [0, 0.05) is 0 Å². The molecule has 0 unspecified atom stereocenters. The fourth-order valence-electron chi connectivity index (χ4n) is 1.51. The molecule has 3 nitrogen and oxygen atoms in total. The van der Waals surface area contributed by atoms with Crippen molar-refractivity contribution in [1.82, 2.24) is 0 Å². The smallest absolute Gasteiger partial charge is 0.127 e. The van der Waals surface area contributed by atoms with Crippen LogP contribution in [-0.2, 0) is 0 Å². The second kappa shape index (κ2) is 4.98. The molecule has 0 aliphatic heterocycles. The van der Waals surface area contributed by atoms with Gasteiger partial charge in [-0.15, -0.1) is 0 Å². The zero-order chi connectivity index (χ0) is 11.4. The summed E-state index contributed by atoms with van der Waals surface area (Å²) in [6, 6.07) is 2.91. The molecule has 1 aromatic carbocycles. The SMILES string of the molecule is COc1cc(C)cc(OC)c1[C@H](N)CF. The number of halogens is 1. The average molecular weight is 213 g/mol. The molecule has 1 atom stereocenters. The third-order valence-corrected chi connectivity index (χ3v) is 2.23. The third kappa shape index (κ3) is 2.39. The first-order chi connectivity index (χ1) is 7.13. The minimum Gasteiger partial charge on any atom is -0.496 e. The first-order valence-electron chi connectivity index (χ1n) is 4.68. The van der Waals surface area contributed by atoms with E-state index in [1.165, 1.54) is 14.2 Å². The highest BCUT2D eigenvalue weighted by molar-refractivity contribution is 5.49. The Kier molecular flexibility index (Phi) is 3.91. The molecule has 0 fully saturated rings. The molecule has 0 aliphatic carbocycles. The summed E-state index contributed by atoms with van der Waals surface area (Å²) < 4.78 is 22.9. The normalized spacial score (nSPS) is 12.3. The lowest BCUT2D eigenvalue weighted by Gasteiger charge is -2.17. The van der Waals surface area contributed by atoms with E-state index in [-0.39, 0.29) is 0 Å². The first-order valence-corrected chi connectivity index (χ1v) is 4.68. The van der Waals surface area contributed by atoms with Crippen LogP contribution < -0.4 is 15.2 Å². The number of aryl methyl sites for hydroxylation is 1. The van der Waals surface area contributed by atoms with Crippen LogP contribution in [0.2, 0.25) is 0 Å². The molecular weight excluding hydrogens is 197 g/mol. The lowest BCUT2D eigenvalue weighted by molar-refractivity contribution is 0.362. The summed E-state index contributed by atoms with van der Waals surface area (Å²) in [5.41, 5.74) is 7.22. The van der Waals surface area contributed by atoms with Crippen molar-refractivity contribution in [1.29, 1.82) is 0 Å². The molecule has 0 spiro atoms. The molecule has 2 N–H and O–H groups in total.